The van der Waals surface area contributed by atoms with E-state index >= 15 is 0 Å². The SMILES string of the molecule is Cc1ccnc(-c2cnc(CN3CCCC(C(C)(C)C)C3)s2)c1. The minimum atomic E-state index is 0.401. The number of nitrogens with zero attached hydrogens (tertiary/aromatic N) is 3. The zero-order valence-electron chi connectivity index (χ0n) is 14.7. The van der Waals surface area contributed by atoms with E-state index in [1.165, 1.54) is 41.4 Å². The molecule has 2 aromatic heterocycles. The number of hydrogen-bond donors (Lipinski definition) is 0. The third kappa shape index (κ3) is 4.18. The van der Waals surface area contributed by atoms with E-state index in [1.807, 2.05) is 18.5 Å². The maximum Gasteiger partial charge on any atom is 0.107 e. The Hall–Kier alpha value is -1.26. The van der Waals surface area contributed by atoms with Crippen molar-refractivity contribution in [2.75, 3.05) is 13.1 Å². The summed E-state index contributed by atoms with van der Waals surface area (Å²) in [6, 6.07) is 4.17. The number of likely N-dealkylation sites (tertiary alicyclic amines) is 1. The molecule has 3 rings (SSSR count). The van der Waals surface area contributed by atoms with Crippen molar-refractivity contribution in [3.8, 4) is 10.6 Å². The highest BCUT2D eigenvalue weighted by molar-refractivity contribution is 7.15. The molecule has 124 valence electrons. The summed E-state index contributed by atoms with van der Waals surface area (Å²) in [6.07, 6.45) is 6.52. The van der Waals surface area contributed by atoms with Crippen LogP contribution in [-0.2, 0) is 6.54 Å². The Morgan fingerprint density at radius 2 is 2.13 bits per heavy atom. The first kappa shape index (κ1) is 16.6. The van der Waals surface area contributed by atoms with Crippen molar-refractivity contribution in [3.63, 3.8) is 0 Å². The second-order valence-corrected chi connectivity index (χ2v) is 8.89. The van der Waals surface area contributed by atoms with Gasteiger partial charge >= 0.3 is 0 Å². The lowest BCUT2D eigenvalue weighted by Crippen LogP contribution is -2.40. The predicted octanol–water partition coefficient (Wildman–Crippen LogP) is 4.77. The Morgan fingerprint density at radius 3 is 2.87 bits per heavy atom. The zero-order valence-corrected chi connectivity index (χ0v) is 15.5. The van der Waals surface area contributed by atoms with Crippen molar-refractivity contribution >= 4 is 11.3 Å². The van der Waals surface area contributed by atoms with Gasteiger partial charge in [-0.3, -0.25) is 9.88 Å². The number of thiazole rings is 1. The second kappa shape index (κ2) is 6.70. The molecule has 1 fully saturated rings. The summed E-state index contributed by atoms with van der Waals surface area (Å²) in [7, 11) is 0. The quantitative estimate of drug-likeness (QED) is 0.812. The zero-order chi connectivity index (χ0) is 16.4. The molecule has 1 aliphatic heterocycles. The number of piperidine rings is 1. The third-order valence-electron chi connectivity index (χ3n) is 4.81. The van der Waals surface area contributed by atoms with Gasteiger partial charge < -0.3 is 0 Å². The van der Waals surface area contributed by atoms with Gasteiger partial charge in [0.1, 0.15) is 5.01 Å². The van der Waals surface area contributed by atoms with Crippen LogP contribution in [0.1, 0.15) is 44.2 Å². The van der Waals surface area contributed by atoms with Gasteiger partial charge in [-0.05, 0) is 55.3 Å². The molecule has 0 aromatic carbocycles. The standard InChI is InChI=1S/C19H27N3S/c1-14-7-8-20-16(10-14)17-11-21-18(23-17)13-22-9-5-6-15(12-22)19(2,3)4/h7-8,10-11,15H,5-6,9,12-13H2,1-4H3. The smallest absolute Gasteiger partial charge is 0.107 e. The van der Waals surface area contributed by atoms with Crippen molar-refractivity contribution in [1.82, 2.24) is 14.9 Å². The van der Waals surface area contributed by atoms with Gasteiger partial charge in [0.2, 0.25) is 0 Å². The number of hydrogen-bond acceptors (Lipinski definition) is 4. The van der Waals surface area contributed by atoms with Gasteiger partial charge in [-0.1, -0.05) is 20.8 Å². The average molecular weight is 330 g/mol. The van der Waals surface area contributed by atoms with Crippen LogP contribution in [0.2, 0.25) is 0 Å². The summed E-state index contributed by atoms with van der Waals surface area (Å²) < 4.78 is 0. The molecule has 0 amide bonds. The molecule has 3 nitrogen and oxygen atoms in total. The maximum atomic E-state index is 4.64. The molecular weight excluding hydrogens is 302 g/mol. The van der Waals surface area contributed by atoms with Gasteiger partial charge in [0.05, 0.1) is 17.1 Å². The van der Waals surface area contributed by atoms with Crippen LogP contribution in [0.5, 0.6) is 0 Å². The van der Waals surface area contributed by atoms with Crippen molar-refractivity contribution in [3.05, 3.63) is 35.1 Å². The molecular formula is C19H27N3S. The molecule has 0 radical (unpaired) electrons. The number of rotatable bonds is 3. The summed E-state index contributed by atoms with van der Waals surface area (Å²) in [5.41, 5.74) is 2.69. The number of aryl methyl sites for hydroxylation is 1. The van der Waals surface area contributed by atoms with Gasteiger partial charge in [0, 0.05) is 18.9 Å². The molecule has 3 heterocycles. The molecule has 0 aliphatic carbocycles. The number of pyridine rings is 1. The van der Waals surface area contributed by atoms with Crippen LogP contribution in [0.15, 0.2) is 24.5 Å². The van der Waals surface area contributed by atoms with E-state index in [0.717, 1.165) is 18.2 Å². The lowest BCUT2D eigenvalue weighted by Gasteiger charge is -2.39. The van der Waals surface area contributed by atoms with Gasteiger partial charge in [-0.15, -0.1) is 11.3 Å². The van der Waals surface area contributed by atoms with Crippen LogP contribution in [0.3, 0.4) is 0 Å². The van der Waals surface area contributed by atoms with Crippen molar-refractivity contribution < 1.29 is 0 Å². The normalized spacial score (nSPS) is 19.9. The fourth-order valence-corrected chi connectivity index (χ4v) is 4.20. The monoisotopic (exact) mass is 329 g/mol. The first-order valence-electron chi connectivity index (χ1n) is 8.52. The molecule has 4 heteroatoms. The molecule has 1 saturated heterocycles. The van der Waals surface area contributed by atoms with Gasteiger partial charge in [-0.2, -0.15) is 0 Å². The fraction of sp³-hybridized carbons (Fsp3) is 0.579. The molecule has 0 N–H and O–H groups in total. The molecule has 0 bridgehead atoms. The summed E-state index contributed by atoms with van der Waals surface area (Å²) in [5.74, 6) is 0.786. The first-order chi connectivity index (χ1) is 10.9. The molecule has 1 unspecified atom stereocenters. The molecule has 1 aliphatic rings. The van der Waals surface area contributed by atoms with E-state index in [4.69, 9.17) is 0 Å². The molecule has 23 heavy (non-hydrogen) atoms. The molecule has 2 aromatic rings. The maximum absolute atomic E-state index is 4.64. The van der Waals surface area contributed by atoms with Gasteiger partial charge in [0.25, 0.3) is 0 Å². The van der Waals surface area contributed by atoms with Crippen LogP contribution in [0.25, 0.3) is 10.6 Å². The van der Waals surface area contributed by atoms with Crippen LogP contribution >= 0.6 is 11.3 Å². The van der Waals surface area contributed by atoms with E-state index in [2.05, 4.69) is 48.6 Å². The molecule has 1 atom stereocenters. The van der Waals surface area contributed by atoms with Gasteiger partial charge in [0.15, 0.2) is 0 Å². The third-order valence-corrected chi connectivity index (χ3v) is 5.82. The van der Waals surface area contributed by atoms with Crippen molar-refractivity contribution in [2.45, 2.75) is 47.1 Å². The predicted molar refractivity (Wildman–Crippen MR) is 97.5 cm³/mol. The highest BCUT2D eigenvalue weighted by atomic mass is 32.1. The second-order valence-electron chi connectivity index (χ2n) is 7.78. The Bertz CT molecular complexity index is 657. The minimum Gasteiger partial charge on any atom is -0.296 e. The topological polar surface area (TPSA) is 29.0 Å². The Balaban J connectivity index is 1.67. The summed E-state index contributed by atoms with van der Waals surface area (Å²) >= 11 is 1.78. The lowest BCUT2D eigenvalue weighted by atomic mass is 9.76. The summed E-state index contributed by atoms with van der Waals surface area (Å²) in [5, 5.41) is 1.21. The summed E-state index contributed by atoms with van der Waals surface area (Å²) in [4.78, 5) is 12.9. The molecule has 0 saturated carbocycles. The number of aromatic nitrogens is 2. The van der Waals surface area contributed by atoms with Gasteiger partial charge in [-0.25, -0.2) is 4.98 Å². The van der Waals surface area contributed by atoms with E-state index in [1.54, 1.807) is 11.3 Å². The first-order valence-corrected chi connectivity index (χ1v) is 9.33. The highest BCUT2D eigenvalue weighted by Gasteiger charge is 2.29. The van der Waals surface area contributed by atoms with E-state index in [0.29, 0.717) is 5.41 Å². The average Bonchev–Trinajstić information content (AvgIpc) is 2.95. The Labute approximate surface area is 143 Å². The Kier molecular flexibility index (Phi) is 4.83. The van der Waals surface area contributed by atoms with Crippen LogP contribution in [0.4, 0.5) is 0 Å². The lowest BCUT2D eigenvalue weighted by molar-refractivity contribution is 0.0943. The van der Waals surface area contributed by atoms with E-state index in [-0.39, 0.29) is 0 Å². The van der Waals surface area contributed by atoms with Crippen molar-refractivity contribution in [2.24, 2.45) is 11.3 Å². The Morgan fingerprint density at radius 1 is 1.30 bits per heavy atom. The minimum absolute atomic E-state index is 0.401. The highest BCUT2D eigenvalue weighted by Crippen LogP contribution is 2.34. The van der Waals surface area contributed by atoms with Crippen LogP contribution in [-0.4, -0.2) is 28.0 Å². The van der Waals surface area contributed by atoms with Crippen molar-refractivity contribution in [1.29, 1.82) is 0 Å². The fourth-order valence-electron chi connectivity index (χ4n) is 3.27. The molecule has 0 spiro atoms. The van der Waals surface area contributed by atoms with E-state index < -0.39 is 0 Å². The largest absolute Gasteiger partial charge is 0.296 e. The van der Waals surface area contributed by atoms with E-state index in [9.17, 15) is 0 Å². The van der Waals surface area contributed by atoms with Crippen LogP contribution < -0.4 is 0 Å². The summed E-state index contributed by atoms with van der Waals surface area (Å²) in [6.45, 7) is 12.6. The van der Waals surface area contributed by atoms with Crippen LogP contribution in [0, 0.1) is 18.3 Å².